The predicted molar refractivity (Wildman–Crippen MR) is 82.8 cm³/mol. The highest BCUT2D eigenvalue weighted by atomic mass is 16.5. The fourth-order valence-electron chi connectivity index (χ4n) is 3.15. The molecule has 1 aliphatic heterocycles. The third-order valence-corrected chi connectivity index (χ3v) is 4.22. The van der Waals surface area contributed by atoms with Gasteiger partial charge in [-0.25, -0.2) is 0 Å². The Morgan fingerprint density at radius 2 is 2.00 bits per heavy atom. The maximum Gasteiger partial charge on any atom is 0.312 e. The number of carboxylic acids is 1. The molecule has 0 unspecified atom stereocenters. The minimum Gasteiger partial charge on any atom is -0.482 e. The summed E-state index contributed by atoms with van der Waals surface area (Å²) < 4.78 is 6.21. The van der Waals surface area contributed by atoms with Crippen LogP contribution in [0.2, 0.25) is 0 Å². The lowest BCUT2D eigenvalue weighted by Crippen LogP contribution is -2.37. The van der Waals surface area contributed by atoms with Crippen molar-refractivity contribution in [1.29, 1.82) is 0 Å². The number of ether oxygens (including phenoxy) is 1. The minimum absolute atomic E-state index is 0.213. The largest absolute Gasteiger partial charge is 0.482 e. The highest BCUT2D eigenvalue weighted by Gasteiger charge is 2.34. The van der Waals surface area contributed by atoms with Crippen molar-refractivity contribution in [3.63, 3.8) is 0 Å². The van der Waals surface area contributed by atoms with Gasteiger partial charge in [-0.15, -0.1) is 0 Å². The van der Waals surface area contributed by atoms with E-state index in [1.54, 1.807) is 6.07 Å². The number of aliphatic carboxylic acids is 1. The van der Waals surface area contributed by atoms with E-state index in [1.807, 2.05) is 18.2 Å². The smallest absolute Gasteiger partial charge is 0.312 e. The van der Waals surface area contributed by atoms with Gasteiger partial charge in [-0.05, 0) is 50.0 Å². The summed E-state index contributed by atoms with van der Waals surface area (Å²) in [5.74, 6) is -0.931. The van der Waals surface area contributed by atoms with Crippen molar-refractivity contribution in [2.75, 3.05) is 5.32 Å². The quantitative estimate of drug-likeness (QED) is 0.841. The molecular formula is C17H19NO4. The maximum atomic E-state index is 11.6. The zero-order valence-corrected chi connectivity index (χ0v) is 12.3. The SMILES string of the molecule is O=C(O)CC(=O)Nc1cccc2c1C=CC1(CCCCC1)O2. The second-order valence-electron chi connectivity index (χ2n) is 5.90. The first-order valence-electron chi connectivity index (χ1n) is 7.61. The Hall–Kier alpha value is -2.30. The van der Waals surface area contributed by atoms with E-state index in [0.29, 0.717) is 5.69 Å². The molecule has 1 aromatic carbocycles. The number of anilines is 1. The maximum absolute atomic E-state index is 11.6. The zero-order chi connectivity index (χ0) is 15.6. The number of benzene rings is 1. The van der Waals surface area contributed by atoms with Crippen LogP contribution in [0.1, 0.15) is 44.1 Å². The van der Waals surface area contributed by atoms with Crippen LogP contribution < -0.4 is 10.1 Å². The molecule has 0 bridgehead atoms. The number of carboxylic acid groups (broad SMARTS) is 1. The summed E-state index contributed by atoms with van der Waals surface area (Å²) in [6.45, 7) is 0. The summed E-state index contributed by atoms with van der Waals surface area (Å²) in [7, 11) is 0. The highest BCUT2D eigenvalue weighted by molar-refractivity contribution is 6.02. The fraction of sp³-hybridized carbons (Fsp3) is 0.412. The van der Waals surface area contributed by atoms with Gasteiger partial charge in [0.15, 0.2) is 0 Å². The van der Waals surface area contributed by atoms with Crippen LogP contribution in [-0.2, 0) is 9.59 Å². The third-order valence-electron chi connectivity index (χ3n) is 4.22. The van der Waals surface area contributed by atoms with Crippen LogP contribution in [0.5, 0.6) is 5.75 Å². The van der Waals surface area contributed by atoms with E-state index in [-0.39, 0.29) is 5.60 Å². The van der Waals surface area contributed by atoms with Crippen molar-refractivity contribution in [2.45, 2.75) is 44.1 Å². The highest BCUT2D eigenvalue weighted by Crippen LogP contribution is 2.41. The fourth-order valence-corrected chi connectivity index (χ4v) is 3.15. The van der Waals surface area contributed by atoms with Crippen molar-refractivity contribution in [1.82, 2.24) is 0 Å². The summed E-state index contributed by atoms with van der Waals surface area (Å²) in [5.41, 5.74) is 1.18. The van der Waals surface area contributed by atoms with Crippen LogP contribution in [0.15, 0.2) is 24.3 Å². The second kappa shape index (κ2) is 5.83. The topological polar surface area (TPSA) is 75.6 Å². The van der Waals surface area contributed by atoms with Gasteiger partial charge in [0.05, 0.1) is 5.69 Å². The summed E-state index contributed by atoms with van der Waals surface area (Å²) in [5, 5.41) is 11.3. The van der Waals surface area contributed by atoms with E-state index in [0.717, 1.165) is 37.0 Å². The Balaban J connectivity index is 1.82. The van der Waals surface area contributed by atoms with Gasteiger partial charge in [-0.2, -0.15) is 0 Å². The van der Waals surface area contributed by atoms with Gasteiger partial charge in [-0.1, -0.05) is 12.5 Å². The Morgan fingerprint density at radius 1 is 1.23 bits per heavy atom. The van der Waals surface area contributed by atoms with Crippen molar-refractivity contribution >= 4 is 23.6 Å². The number of hydrogen-bond donors (Lipinski definition) is 2. The van der Waals surface area contributed by atoms with E-state index in [9.17, 15) is 9.59 Å². The zero-order valence-electron chi connectivity index (χ0n) is 12.3. The van der Waals surface area contributed by atoms with Gasteiger partial charge in [0, 0.05) is 5.56 Å². The van der Waals surface area contributed by atoms with E-state index < -0.39 is 18.3 Å². The van der Waals surface area contributed by atoms with Gasteiger partial charge in [0.2, 0.25) is 5.91 Å². The molecule has 1 aliphatic carbocycles. The molecule has 0 atom stereocenters. The molecule has 22 heavy (non-hydrogen) atoms. The third kappa shape index (κ3) is 2.98. The number of fused-ring (bicyclic) bond motifs is 1. The molecule has 0 aromatic heterocycles. The van der Waals surface area contributed by atoms with Crippen LogP contribution in [0.25, 0.3) is 6.08 Å². The molecule has 5 heteroatoms. The predicted octanol–water partition coefficient (Wildman–Crippen LogP) is 3.21. The van der Waals surface area contributed by atoms with E-state index in [1.165, 1.54) is 6.42 Å². The number of carbonyl (C=O) groups excluding carboxylic acids is 1. The number of amides is 1. The van der Waals surface area contributed by atoms with Crippen molar-refractivity contribution in [3.05, 3.63) is 29.8 Å². The van der Waals surface area contributed by atoms with Gasteiger partial charge >= 0.3 is 5.97 Å². The molecule has 1 aromatic rings. The van der Waals surface area contributed by atoms with Crippen LogP contribution >= 0.6 is 0 Å². The lowest BCUT2D eigenvalue weighted by atomic mass is 9.82. The molecule has 5 nitrogen and oxygen atoms in total. The molecule has 0 saturated heterocycles. The Bertz CT molecular complexity index is 630. The molecule has 2 N–H and O–H groups in total. The standard InChI is InChI=1S/C17H19NO4/c19-15(11-16(20)21)18-13-5-4-6-14-12(13)7-10-17(22-14)8-2-1-3-9-17/h4-7,10H,1-3,8-9,11H2,(H,18,19)(H,20,21). The first-order valence-corrected chi connectivity index (χ1v) is 7.61. The molecule has 1 amide bonds. The molecule has 3 rings (SSSR count). The summed E-state index contributed by atoms with van der Waals surface area (Å²) in [6, 6.07) is 5.46. The van der Waals surface area contributed by atoms with Crippen molar-refractivity contribution < 1.29 is 19.4 Å². The molecule has 0 radical (unpaired) electrons. The van der Waals surface area contributed by atoms with Crippen LogP contribution in [0.4, 0.5) is 5.69 Å². The van der Waals surface area contributed by atoms with Crippen molar-refractivity contribution in [2.24, 2.45) is 0 Å². The number of hydrogen-bond acceptors (Lipinski definition) is 3. The molecular weight excluding hydrogens is 282 g/mol. The van der Waals surface area contributed by atoms with Gasteiger partial charge in [0.1, 0.15) is 17.8 Å². The van der Waals surface area contributed by atoms with Crippen LogP contribution in [0, 0.1) is 0 Å². The van der Waals surface area contributed by atoms with E-state index in [2.05, 4.69) is 11.4 Å². The lowest BCUT2D eigenvalue weighted by molar-refractivity contribution is -0.139. The monoisotopic (exact) mass is 301 g/mol. The van der Waals surface area contributed by atoms with Gasteiger partial charge < -0.3 is 15.2 Å². The lowest BCUT2D eigenvalue weighted by Gasteiger charge is -2.38. The first-order chi connectivity index (χ1) is 10.6. The average Bonchev–Trinajstić information content (AvgIpc) is 2.47. The Morgan fingerprint density at radius 3 is 2.73 bits per heavy atom. The van der Waals surface area contributed by atoms with E-state index in [4.69, 9.17) is 9.84 Å². The van der Waals surface area contributed by atoms with E-state index >= 15 is 0 Å². The minimum atomic E-state index is -1.14. The number of nitrogens with one attached hydrogen (secondary N) is 1. The Kier molecular flexibility index (Phi) is 3.88. The van der Waals surface area contributed by atoms with Crippen molar-refractivity contribution in [3.8, 4) is 5.75 Å². The van der Waals surface area contributed by atoms with Crippen LogP contribution in [0.3, 0.4) is 0 Å². The molecule has 2 aliphatic rings. The average molecular weight is 301 g/mol. The molecule has 1 heterocycles. The number of carbonyl (C=O) groups is 2. The first kappa shape index (κ1) is 14.6. The summed E-state index contributed by atoms with van der Waals surface area (Å²) in [6.07, 6.45) is 9.12. The number of rotatable bonds is 3. The molecule has 1 saturated carbocycles. The van der Waals surface area contributed by atoms with Crippen LogP contribution in [-0.4, -0.2) is 22.6 Å². The van der Waals surface area contributed by atoms with Gasteiger partial charge in [-0.3, -0.25) is 9.59 Å². The van der Waals surface area contributed by atoms with Gasteiger partial charge in [0.25, 0.3) is 0 Å². The molecule has 1 spiro atoms. The normalized spacial score (nSPS) is 18.4. The molecule has 1 fully saturated rings. The molecule has 116 valence electrons. The second-order valence-corrected chi connectivity index (χ2v) is 5.90. The summed E-state index contributed by atoms with van der Waals surface area (Å²) >= 11 is 0. The Labute approximate surface area is 129 Å². The summed E-state index contributed by atoms with van der Waals surface area (Å²) in [4.78, 5) is 22.2.